The van der Waals surface area contributed by atoms with Gasteiger partial charge in [0.05, 0.1) is 29.2 Å². The zero-order chi connectivity index (χ0) is 22.0. The number of aliphatic hydroxyl groups excluding tert-OH is 1. The highest BCUT2D eigenvalue weighted by Crippen LogP contribution is 2.36. The van der Waals surface area contributed by atoms with Gasteiger partial charge in [-0.15, -0.1) is 11.8 Å². The summed E-state index contributed by atoms with van der Waals surface area (Å²) in [6.45, 7) is 1.85. The zero-order valence-electron chi connectivity index (χ0n) is 16.6. The maximum atomic E-state index is 14.6. The van der Waals surface area contributed by atoms with E-state index in [1.807, 2.05) is 29.4 Å². The summed E-state index contributed by atoms with van der Waals surface area (Å²) >= 11 is 1.58. The molecule has 1 aliphatic rings. The van der Waals surface area contributed by atoms with E-state index < -0.39 is 29.8 Å². The largest absolute Gasteiger partial charge is 0.388 e. The minimum Gasteiger partial charge on any atom is -0.388 e. The molecule has 9 heteroatoms. The van der Waals surface area contributed by atoms with Crippen molar-refractivity contribution in [3.63, 3.8) is 0 Å². The van der Waals surface area contributed by atoms with E-state index in [4.69, 9.17) is 5.26 Å². The van der Waals surface area contributed by atoms with Crippen molar-refractivity contribution in [3.8, 4) is 6.07 Å². The van der Waals surface area contributed by atoms with Crippen LogP contribution in [0.4, 0.5) is 8.78 Å². The lowest BCUT2D eigenvalue weighted by molar-refractivity contribution is 0.0583. The molecule has 1 aliphatic heterocycles. The second-order valence-electron chi connectivity index (χ2n) is 7.18. The molecule has 1 aromatic heterocycles. The van der Waals surface area contributed by atoms with Crippen LogP contribution in [0.15, 0.2) is 60.5 Å². The molecule has 6 nitrogen and oxygen atoms in total. The van der Waals surface area contributed by atoms with Crippen molar-refractivity contribution < 1.29 is 13.9 Å². The molecule has 4 rings (SSSR count). The molecule has 158 valence electrons. The highest BCUT2D eigenvalue weighted by Gasteiger charge is 2.35. The van der Waals surface area contributed by atoms with Crippen molar-refractivity contribution in [1.82, 2.24) is 19.7 Å². The molecule has 0 saturated carbocycles. The Bertz CT molecular complexity index is 1130. The summed E-state index contributed by atoms with van der Waals surface area (Å²) in [4.78, 5) is 5.94. The number of nitriles is 1. The number of aromatic nitrogens is 3. The maximum Gasteiger partial charge on any atom is 0.137 e. The third-order valence-corrected chi connectivity index (χ3v) is 6.16. The summed E-state index contributed by atoms with van der Waals surface area (Å²) in [7, 11) is 0. The van der Waals surface area contributed by atoms with E-state index in [0.29, 0.717) is 11.4 Å². The summed E-state index contributed by atoms with van der Waals surface area (Å²) in [6, 6.07) is 11.2. The van der Waals surface area contributed by atoms with Crippen molar-refractivity contribution in [2.75, 3.05) is 5.88 Å². The smallest absolute Gasteiger partial charge is 0.137 e. The van der Waals surface area contributed by atoms with Gasteiger partial charge in [-0.25, -0.2) is 18.4 Å². The standard InChI is InChI=1S/C22H19F2N5OS/c1-14(28-13-31-10-20(28)16-4-2-15(9-25)3-5-16)22(30)21(29-12-26-11-27-29)18-7-6-17(23)8-19(18)24/h2-8,10-12,14,21-22,30H,13H2,1H3. The third-order valence-electron chi connectivity index (χ3n) is 5.34. The minimum atomic E-state index is -1.08. The first-order valence-electron chi connectivity index (χ1n) is 9.55. The topological polar surface area (TPSA) is 78.0 Å². The van der Waals surface area contributed by atoms with E-state index in [9.17, 15) is 13.9 Å². The van der Waals surface area contributed by atoms with Gasteiger partial charge in [-0.05, 0) is 36.1 Å². The van der Waals surface area contributed by atoms with E-state index in [-0.39, 0.29) is 5.56 Å². The molecule has 0 bridgehead atoms. The van der Waals surface area contributed by atoms with Crippen LogP contribution in [0.2, 0.25) is 0 Å². The van der Waals surface area contributed by atoms with Gasteiger partial charge in [-0.1, -0.05) is 18.2 Å². The molecule has 31 heavy (non-hydrogen) atoms. The highest BCUT2D eigenvalue weighted by molar-refractivity contribution is 8.02. The van der Waals surface area contributed by atoms with Crippen molar-refractivity contribution >= 4 is 17.5 Å². The molecule has 0 radical (unpaired) electrons. The van der Waals surface area contributed by atoms with Gasteiger partial charge in [0.15, 0.2) is 0 Å². The zero-order valence-corrected chi connectivity index (χ0v) is 17.4. The van der Waals surface area contributed by atoms with Crippen LogP contribution in [0.1, 0.15) is 29.7 Å². The fourth-order valence-corrected chi connectivity index (χ4v) is 4.69. The Morgan fingerprint density at radius 1 is 1.19 bits per heavy atom. The highest BCUT2D eigenvalue weighted by atomic mass is 32.2. The second kappa shape index (κ2) is 8.88. The average Bonchev–Trinajstić information content (AvgIpc) is 3.47. The Balaban J connectivity index is 1.66. The first-order valence-corrected chi connectivity index (χ1v) is 10.6. The van der Waals surface area contributed by atoms with Crippen LogP contribution in [-0.4, -0.2) is 42.8 Å². The van der Waals surface area contributed by atoms with Gasteiger partial charge >= 0.3 is 0 Å². The number of hydrogen-bond donors (Lipinski definition) is 1. The van der Waals surface area contributed by atoms with Crippen molar-refractivity contribution in [2.45, 2.75) is 25.1 Å². The number of nitrogens with zero attached hydrogens (tertiary/aromatic N) is 5. The summed E-state index contributed by atoms with van der Waals surface area (Å²) in [6.07, 6.45) is 1.63. The van der Waals surface area contributed by atoms with Gasteiger partial charge in [0.2, 0.25) is 0 Å². The molecule has 3 aromatic rings. The van der Waals surface area contributed by atoms with E-state index in [1.165, 1.54) is 23.4 Å². The predicted molar refractivity (Wildman–Crippen MR) is 113 cm³/mol. The van der Waals surface area contributed by atoms with Crippen LogP contribution in [0.5, 0.6) is 0 Å². The molecule has 0 amide bonds. The van der Waals surface area contributed by atoms with Crippen LogP contribution in [0.25, 0.3) is 5.70 Å². The van der Waals surface area contributed by atoms with Crippen molar-refractivity contribution in [1.29, 1.82) is 5.26 Å². The molecule has 0 spiro atoms. The van der Waals surface area contributed by atoms with E-state index in [0.717, 1.165) is 23.4 Å². The fourth-order valence-electron chi connectivity index (χ4n) is 3.65. The summed E-state index contributed by atoms with van der Waals surface area (Å²) in [5, 5.41) is 26.5. The maximum absolute atomic E-state index is 14.6. The second-order valence-corrected chi connectivity index (χ2v) is 8.00. The number of hydrogen-bond acceptors (Lipinski definition) is 6. The van der Waals surface area contributed by atoms with Gasteiger partial charge in [0.25, 0.3) is 0 Å². The van der Waals surface area contributed by atoms with E-state index in [1.54, 1.807) is 23.9 Å². The molecule has 0 aliphatic carbocycles. The lowest BCUT2D eigenvalue weighted by atomic mass is 9.95. The molecule has 0 fully saturated rings. The number of thioether (sulfide) groups is 1. The molecule has 2 heterocycles. The number of rotatable bonds is 6. The van der Waals surface area contributed by atoms with Crippen LogP contribution >= 0.6 is 11.8 Å². The quantitative estimate of drug-likeness (QED) is 0.630. The van der Waals surface area contributed by atoms with E-state index in [2.05, 4.69) is 16.2 Å². The van der Waals surface area contributed by atoms with Crippen LogP contribution in [-0.2, 0) is 0 Å². The molecular formula is C22H19F2N5OS. The van der Waals surface area contributed by atoms with Crippen LogP contribution in [0.3, 0.4) is 0 Å². The van der Waals surface area contributed by atoms with Crippen molar-refractivity contribution in [3.05, 3.63) is 88.9 Å². The monoisotopic (exact) mass is 439 g/mol. The number of aliphatic hydroxyl groups is 1. The number of benzene rings is 2. The normalized spacial score (nSPS) is 16.5. The molecule has 1 N–H and O–H groups in total. The lowest BCUT2D eigenvalue weighted by Gasteiger charge is -2.36. The fraction of sp³-hybridized carbons (Fsp3) is 0.227. The molecule has 3 unspecified atom stereocenters. The van der Waals surface area contributed by atoms with Gasteiger partial charge in [-0.2, -0.15) is 10.4 Å². The van der Waals surface area contributed by atoms with Gasteiger partial charge in [-0.3, -0.25) is 0 Å². The van der Waals surface area contributed by atoms with Crippen LogP contribution in [0, 0.1) is 23.0 Å². The summed E-state index contributed by atoms with van der Waals surface area (Å²) < 4.78 is 29.5. The first kappa shape index (κ1) is 21.0. The molecular weight excluding hydrogens is 420 g/mol. The Morgan fingerprint density at radius 3 is 2.61 bits per heavy atom. The minimum absolute atomic E-state index is 0.127. The Labute approximate surface area is 182 Å². The third kappa shape index (κ3) is 4.17. The van der Waals surface area contributed by atoms with Gasteiger partial charge < -0.3 is 10.0 Å². The van der Waals surface area contributed by atoms with E-state index >= 15 is 0 Å². The van der Waals surface area contributed by atoms with Gasteiger partial charge in [0.1, 0.15) is 36.4 Å². The first-order chi connectivity index (χ1) is 15.0. The molecule has 0 saturated heterocycles. The Morgan fingerprint density at radius 2 is 1.97 bits per heavy atom. The lowest BCUT2D eigenvalue weighted by Crippen LogP contribution is -2.44. The van der Waals surface area contributed by atoms with Crippen molar-refractivity contribution in [2.24, 2.45) is 0 Å². The summed E-state index contributed by atoms with van der Waals surface area (Å²) in [5.74, 6) is -0.850. The Kier molecular flexibility index (Phi) is 6.02. The molecule has 2 aromatic carbocycles. The molecule has 3 atom stereocenters. The predicted octanol–water partition coefficient (Wildman–Crippen LogP) is 3.77. The SMILES string of the molecule is CC(C(O)C(c1ccc(F)cc1F)n1cncn1)N1CSC=C1c1ccc(C#N)cc1. The Hall–Kier alpha value is -3.22. The average molecular weight is 439 g/mol. The summed E-state index contributed by atoms with van der Waals surface area (Å²) in [5.41, 5.74) is 2.50. The van der Waals surface area contributed by atoms with Gasteiger partial charge in [0, 0.05) is 11.6 Å². The van der Waals surface area contributed by atoms with Crippen LogP contribution < -0.4 is 0 Å². The number of halogens is 2.